The molecule has 2 heterocycles. The van der Waals surface area contributed by atoms with E-state index in [4.69, 9.17) is 0 Å². The summed E-state index contributed by atoms with van der Waals surface area (Å²) in [4.78, 5) is 7.64. The van der Waals surface area contributed by atoms with E-state index in [2.05, 4.69) is 42.9 Å². The number of fused-ring (bicyclic) bond motifs is 1. The Hall–Kier alpha value is -3.48. The first-order valence-corrected chi connectivity index (χ1v) is 8.29. The van der Waals surface area contributed by atoms with Crippen LogP contribution < -0.4 is 10.6 Å². The monoisotopic (exact) mass is 348 g/mol. The molecule has 2 aromatic heterocycles. The second-order valence-electron chi connectivity index (χ2n) is 5.83. The maximum Gasteiger partial charge on any atom is 0.244 e. The molecule has 130 valence electrons. The molecule has 0 spiro atoms. The molecule has 0 saturated carbocycles. The molecule has 6 nitrogen and oxygen atoms in total. The van der Waals surface area contributed by atoms with Gasteiger partial charge in [0.15, 0.2) is 5.82 Å². The van der Waals surface area contributed by atoms with Crippen LogP contribution in [0.2, 0.25) is 0 Å². The SMILES string of the molecule is Fc1ccc(Nc2cnnc(NCCc3c[nH]c4ccccc34)n2)cc1. The molecule has 0 aliphatic heterocycles. The molecule has 2 aromatic carbocycles. The van der Waals surface area contributed by atoms with Gasteiger partial charge in [-0.05, 0) is 42.3 Å². The van der Waals surface area contributed by atoms with Gasteiger partial charge < -0.3 is 15.6 Å². The van der Waals surface area contributed by atoms with Gasteiger partial charge in [0.2, 0.25) is 5.95 Å². The number of rotatable bonds is 6. The van der Waals surface area contributed by atoms with E-state index in [1.165, 1.54) is 29.3 Å². The summed E-state index contributed by atoms with van der Waals surface area (Å²) in [5.74, 6) is 0.703. The number of H-pyrrole nitrogens is 1. The van der Waals surface area contributed by atoms with Crippen molar-refractivity contribution in [3.05, 3.63) is 72.3 Å². The van der Waals surface area contributed by atoms with Crippen molar-refractivity contribution in [1.82, 2.24) is 20.2 Å². The van der Waals surface area contributed by atoms with Crippen LogP contribution in [0.25, 0.3) is 10.9 Å². The number of aromatic amines is 1. The van der Waals surface area contributed by atoms with Crippen LogP contribution in [0.15, 0.2) is 60.9 Å². The van der Waals surface area contributed by atoms with E-state index in [0.717, 1.165) is 17.6 Å². The van der Waals surface area contributed by atoms with Gasteiger partial charge in [-0.15, -0.1) is 5.10 Å². The Labute approximate surface area is 149 Å². The minimum absolute atomic E-state index is 0.281. The van der Waals surface area contributed by atoms with Crippen molar-refractivity contribution < 1.29 is 4.39 Å². The third-order valence-corrected chi connectivity index (χ3v) is 4.03. The average molecular weight is 348 g/mol. The highest BCUT2D eigenvalue weighted by atomic mass is 19.1. The van der Waals surface area contributed by atoms with Crippen LogP contribution in [-0.2, 0) is 6.42 Å². The summed E-state index contributed by atoms with van der Waals surface area (Å²) in [6.45, 7) is 0.684. The molecule has 0 radical (unpaired) electrons. The van der Waals surface area contributed by atoms with Crippen LogP contribution in [-0.4, -0.2) is 26.7 Å². The normalized spacial score (nSPS) is 10.8. The quantitative estimate of drug-likeness (QED) is 0.493. The third-order valence-electron chi connectivity index (χ3n) is 4.03. The van der Waals surface area contributed by atoms with Gasteiger partial charge in [0.25, 0.3) is 0 Å². The molecule has 7 heteroatoms. The molecule has 4 aromatic rings. The van der Waals surface area contributed by atoms with Crippen LogP contribution in [0, 0.1) is 5.82 Å². The lowest BCUT2D eigenvalue weighted by Crippen LogP contribution is -2.09. The Kier molecular flexibility index (Phi) is 4.42. The van der Waals surface area contributed by atoms with Crippen LogP contribution in [0.3, 0.4) is 0 Å². The molecule has 0 aliphatic carbocycles. The Bertz CT molecular complexity index is 1010. The molecule has 0 fully saturated rings. The zero-order valence-electron chi connectivity index (χ0n) is 13.9. The summed E-state index contributed by atoms with van der Waals surface area (Å²) in [5, 5.41) is 15.4. The Morgan fingerprint density at radius 3 is 2.77 bits per heavy atom. The predicted octanol–water partition coefficient (Wildman–Crippen LogP) is 3.89. The summed E-state index contributed by atoms with van der Waals surface area (Å²) in [5.41, 5.74) is 3.10. The van der Waals surface area contributed by atoms with Gasteiger partial charge in [0.1, 0.15) is 5.82 Å². The van der Waals surface area contributed by atoms with Gasteiger partial charge in [-0.25, -0.2) is 4.39 Å². The summed E-state index contributed by atoms with van der Waals surface area (Å²) < 4.78 is 13.0. The molecule has 0 atom stereocenters. The zero-order chi connectivity index (χ0) is 17.8. The van der Waals surface area contributed by atoms with E-state index < -0.39 is 0 Å². The Morgan fingerprint density at radius 2 is 1.88 bits per heavy atom. The highest BCUT2D eigenvalue weighted by Crippen LogP contribution is 2.18. The molecule has 0 amide bonds. The Morgan fingerprint density at radius 1 is 1.04 bits per heavy atom. The maximum absolute atomic E-state index is 13.0. The number of nitrogens with zero attached hydrogens (tertiary/aromatic N) is 3. The smallest absolute Gasteiger partial charge is 0.244 e. The number of para-hydroxylation sites is 1. The predicted molar refractivity (Wildman–Crippen MR) is 100 cm³/mol. The number of aromatic nitrogens is 4. The number of anilines is 3. The Balaban J connectivity index is 1.38. The molecule has 0 saturated heterocycles. The van der Waals surface area contributed by atoms with Crippen LogP contribution in [0.4, 0.5) is 21.8 Å². The van der Waals surface area contributed by atoms with Crippen molar-refractivity contribution >= 4 is 28.4 Å². The largest absolute Gasteiger partial charge is 0.361 e. The molecule has 26 heavy (non-hydrogen) atoms. The number of nitrogens with one attached hydrogen (secondary N) is 3. The van der Waals surface area contributed by atoms with Crippen LogP contribution in [0.5, 0.6) is 0 Å². The van der Waals surface area contributed by atoms with Gasteiger partial charge in [-0.3, -0.25) is 0 Å². The molecule has 4 rings (SSSR count). The fourth-order valence-corrected chi connectivity index (χ4v) is 2.77. The van der Waals surface area contributed by atoms with Gasteiger partial charge >= 0.3 is 0 Å². The standard InChI is InChI=1S/C19H17FN6/c20-14-5-7-15(8-6-14)24-18-12-23-26-19(25-18)21-10-9-13-11-22-17-4-2-1-3-16(13)17/h1-8,11-12,22H,9-10H2,(H2,21,24,25,26). The lowest BCUT2D eigenvalue weighted by atomic mass is 10.1. The first kappa shape index (κ1) is 16.0. The van der Waals surface area contributed by atoms with E-state index in [1.807, 2.05) is 18.3 Å². The summed E-state index contributed by atoms with van der Waals surface area (Å²) in [7, 11) is 0. The van der Waals surface area contributed by atoms with E-state index in [1.54, 1.807) is 12.1 Å². The van der Waals surface area contributed by atoms with Crippen LogP contribution in [0.1, 0.15) is 5.56 Å². The zero-order valence-corrected chi connectivity index (χ0v) is 13.9. The molecule has 3 N–H and O–H groups in total. The number of benzene rings is 2. The first-order chi connectivity index (χ1) is 12.8. The third kappa shape index (κ3) is 3.61. The summed E-state index contributed by atoms with van der Waals surface area (Å²) in [6.07, 6.45) is 4.38. The van der Waals surface area contributed by atoms with Crippen molar-refractivity contribution in [3.8, 4) is 0 Å². The number of halogens is 1. The summed E-state index contributed by atoms with van der Waals surface area (Å²) in [6, 6.07) is 14.3. The van der Waals surface area contributed by atoms with E-state index in [9.17, 15) is 4.39 Å². The lowest BCUT2D eigenvalue weighted by Gasteiger charge is -2.07. The highest BCUT2D eigenvalue weighted by Gasteiger charge is 2.04. The van der Waals surface area contributed by atoms with Crippen LogP contribution >= 0.6 is 0 Å². The second kappa shape index (κ2) is 7.18. The fraction of sp³-hybridized carbons (Fsp3) is 0.105. The molecular formula is C19H17FN6. The second-order valence-corrected chi connectivity index (χ2v) is 5.83. The lowest BCUT2D eigenvalue weighted by molar-refractivity contribution is 0.628. The van der Waals surface area contributed by atoms with Crippen molar-refractivity contribution in [2.24, 2.45) is 0 Å². The minimum atomic E-state index is -0.281. The highest BCUT2D eigenvalue weighted by molar-refractivity contribution is 5.83. The number of hydrogen-bond donors (Lipinski definition) is 3. The van der Waals surface area contributed by atoms with E-state index in [0.29, 0.717) is 18.3 Å². The number of hydrogen-bond acceptors (Lipinski definition) is 5. The average Bonchev–Trinajstić information content (AvgIpc) is 3.07. The van der Waals surface area contributed by atoms with Gasteiger partial charge in [0, 0.05) is 29.3 Å². The van der Waals surface area contributed by atoms with Crippen molar-refractivity contribution in [3.63, 3.8) is 0 Å². The minimum Gasteiger partial charge on any atom is -0.361 e. The van der Waals surface area contributed by atoms with Crippen molar-refractivity contribution in [1.29, 1.82) is 0 Å². The van der Waals surface area contributed by atoms with Gasteiger partial charge in [0.05, 0.1) is 6.20 Å². The fourth-order valence-electron chi connectivity index (χ4n) is 2.77. The maximum atomic E-state index is 13.0. The molecular weight excluding hydrogens is 331 g/mol. The molecule has 0 aliphatic rings. The van der Waals surface area contributed by atoms with Crippen molar-refractivity contribution in [2.45, 2.75) is 6.42 Å². The van der Waals surface area contributed by atoms with E-state index >= 15 is 0 Å². The molecule has 0 bridgehead atoms. The topological polar surface area (TPSA) is 78.5 Å². The van der Waals surface area contributed by atoms with E-state index in [-0.39, 0.29) is 5.82 Å². The first-order valence-electron chi connectivity index (χ1n) is 8.29. The van der Waals surface area contributed by atoms with Gasteiger partial charge in [-0.2, -0.15) is 10.1 Å². The summed E-state index contributed by atoms with van der Waals surface area (Å²) >= 11 is 0. The van der Waals surface area contributed by atoms with Gasteiger partial charge in [-0.1, -0.05) is 18.2 Å². The molecule has 0 unspecified atom stereocenters. The van der Waals surface area contributed by atoms with Crippen molar-refractivity contribution in [2.75, 3.05) is 17.2 Å².